The van der Waals surface area contributed by atoms with E-state index in [-0.39, 0.29) is 11.8 Å². The van der Waals surface area contributed by atoms with E-state index in [1.54, 1.807) is 17.2 Å². The van der Waals surface area contributed by atoms with Crippen molar-refractivity contribution in [3.63, 3.8) is 0 Å². The number of fused-ring (bicyclic) bond motifs is 2. The summed E-state index contributed by atoms with van der Waals surface area (Å²) in [5.74, 6) is 1.25. The quantitative estimate of drug-likeness (QED) is 0.907. The number of carbonyl (C=O) groups is 1. The van der Waals surface area contributed by atoms with Crippen LogP contribution in [0.15, 0.2) is 36.7 Å². The van der Waals surface area contributed by atoms with Crippen molar-refractivity contribution in [2.75, 3.05) is 5.32 Å². The van der Waals surface area contributed by atoms with Gasteiger partial charge in [0.1, 0.15) is 0 Å². The minimum Gasteiger partial charge on any atom is -0.327 e. The Morgan fingerprint density at radius 3 is 2.33 bits per heavy atom. The lowest BCUT2D eigenvalue weighted by Gasteiger charge is -2.43. The van der Waals surface area contributed by atoms with Gasteiger partial charge in [-0.2, -0.15) is 15.0 Å². The maximum absolute atomic E-state index is 12.6. The zero-order valence-corrected chi connectivity index (χ0v) is 13.6. The van der Waals surface area contributed by atoms with Crippen molar-refractivity contribution >= 4 is 11.6 Å². The third-order valence-corrected chi connectivity index (χ3v) is 5.57. The van der Waals surface area contributed by atoms with Gasteiger partial charge in [0.25, 0.3) is 0 Å². The van der Waals surface area contributed by atoms with Gasteiger partial charge in [-0.15, -0.1) is 0 Å². The summed E-state index contributed by atoms with van der Waals surface area (Å²) in [4.78, 5) is 14.2. The van der Waals surface area contributed by atoms with Crippen molar-refractivity contribution in [2.24, 2.45) is 23.5 Å². The van der Waals surface area contributed by atoms with Crippen LogP contribution in [0, 0.1) is 17.8 Å². The van der Waals surface area contributed by atoms with Crippen LogP contribution in [0.1, 0.15) is 32.1 Å². The summed E-state index contributed by atoms with van der Waals surface area (Å²) < 4.78 is 0. The highest BCUT2D eigenvalue weighted by molar-refractivity contribution is 5.92. The summed E-state index contributed by atoms with van der Waals surface area (Å²) >= 11 is 0. The first kappa shape index (κ1) is 15.3. The lowest BCUT2D eigenvalue weighted by Crippen LogP contribution is -2.48. The number of nitrogens with two attached hydrogens (primary N) is 1. The average Bonchev–Trinajstić information content (AvgIpc) is 3.09. The highest BCUT2D eigenvalue weighted by Crippen LogP contribution is 2.42. The first-order chi connectivity index (χ1) is 11.7. The van der Waals surface area contributed by atoms with Crippen molar-refractivity contribution in [3.05, 3.63) is 36.7 Å². The second-order valence-corrected chi connectivity index (χ2v) is 7.05. The number of hydrogen-bond acceptors (Lipinski definition) is 4. The number of carbonyl (C=O) groups excluding carboxylic acids is 1. The van der Waals surface area contributed by atoms with E-state index in [1.165, 1.54) is 19.3 Å². The first-order valence-corrected chi connectivity index (χ1v) is 8.74. The smallest absolute Gasteiger partial charge is 0.227 e. The van der Waals surface area contributed by atoms with Gasteiger partial charge in [-0.1, -0.05) is 6.42 Å². The van der Waals surface area contributed by atoms with Crippen LogP contribution in [0.2, 0.25) is 0 Å². The normalized spacial score (nSPS) is 29.2. The summed E-state index contributed by atoms with van der Waals surface area (Å²) in [6.45, 7) is 0. The van der Waals surface area contributed by atoms with Crippen LogP contribution in [0.25, 0.3) is 5.69 Å². The molecule has 1 aromatic heterocycles. The molecule has 2 aliphatic rings. The molecule has 2 fully saturated rings. The molecular weight excluding hydrogens is 302 g/mol. The van der Waals surface area contributed by atoms with Crippen molar-refractivity contribution < 1.29 is 4.79 Å². The molecule has 6 nitrogen and oxygen atoms in total. The van der Waals surface area contributed by atoms with Crippen molar-refractivity contribution in [3.8, 4) is 5.69 Å². The van der Waals surface area contributed by atoms with Crippen molar-refractivity contribution in [2.45, 2.75) is 38.1 Å². The Morgan fingerprint density at radius 2 is 1.71 bits per heavy atom. The average molecular weight is 325 g/mol. The maximum Gasteiger partial charge on any atom is 0.227 e. The molecule has 2 aliphatic carbocycles. The highest BCUT2D eigenvalue weighted by atomic mass is 16.1. The van der Waals surface area contributed by atoms with E-state index >= 15 is 0 Å². The fourth-order valence-electron chi connectivity index (χ4n) is 4.27. The molecule has 1 aromatic carbocycles. The molecule has 0 saturated heterocycles. The van der Waals surface area contributed by atoms with E-state index in [0.29, 0.717) is 17.9 Å². The van der Waals surface area contributed by atoms with E-state index in [4.69, 9.17) is 5.73 Å². The Morgan fingerprint density at radius 1 is 1.08 bits per heavy atom. The van der Waals surface area contributed by atoms with Gasteiger partial charge in [-0.3, -0.25) is 4.79 Å². The molecule has 126 valence electrons. The number of rotatable bonds is 3. The summed E-state index contributed by atoms with van der Waals surface area (Å²) in [7, 11) is 0. The molecule has 0 radical (unpaired) electrons. The molecule has 0 spiro atoms. The minimum atomic E-state index is 0.0903. The fourth-order valence-corrected chi connectivity index (χ4v) is 4.27. The summed E-state index contributed by atoms with van der Waals surface area (Å²) in [5.41, 5.74) is 8.00. The number of anilines is 1. The molecule has 1 amide bonds. The summed E-state index contributed by atoms with van der Waals surface area (Å²) in [5, 5.41) is 11.3. The van der Waals surface area contributed by atoms with Gasteiger partial charge in [0, 0.05) is 17.6 Å². The van der Waals surface area contributed by atoms with E-state index in [0.717, 1.165) is 24.2 Å². The number of hydrogen-bond donors (Lipinski definition) is 2. The minimum absolute atomic E-state index is 0.0903. The van der Waals surface area contributed by atoms with Gasteiger partial charge in [0.05, 0.1) is 18.1 Å². The predicted molar refractivity (Wildman–Crippen MR) is 91.5 cm³/mol. The SMILES string of the molecule is NC1C2CCCC1CC(C(=O)Nc1ccc(-n3nccn3)cc1)C2. The van der Waals surface area contributed by atoms with Crippen LogP contribution >= 0.6 is 0 Å². The molecule has 6 heteroatoms. The number of benzene rings is 1. The Balaban J connectivity index is 1.41. The van der Waals surface area contributed by atoms with Gasteiger partial charge in [-0.05, 0) is 61.8 Å². The van der Waals surface area contributed by atoms with Crippen LogP contribution < -0.4 is 11.1 Å². The Kier molecular flexibility index (Phi) is 4.06. The first-order valence-electron chi connectivity index (χ1n) is 8.74. The third-order valence-electron chi connectivity index (χ3n) is 5.57. The number of aromatic nitrogens is 3. The highest BCUT2D eigenvalue weighted by Gasteiger charge is 2.40. The summed E-state index contributed by atoms with van der Waals surface area (Å²) in [6, 6.07) is 7.89. The number of amides is 1. The third kappa shape index (κ3) is 2.94. The van der Waals surface area contributed by atoms with Gasteiger partial charge in [0.15, 0.2) is 0 Å². The van der Waals surface area contributed by atoms with Gasteiger partial charge in [-0.25, -0.2) is 0 Å². The lowest BCUT2D eigenvalue weighted by molar-refractivity contribution is -0.122. The number of nitrogens with zero attached hydrogens (tertiary/aromatic N) is 3. The summed E-state index contributed by atoms with van der Waals surface area (Å²) in [6.07, 6.45) is 8.75. The van der Waals surface area contributed by atoms with Crippen LogP contribution in [-0.4, -0.2) is 26.9 Å². The fraction of sp³-hybridized carbons (Fsp3) is 0.500. The van der Waals surface area contributed by atoms with Gasteiger partial charge >= 0.3 is 0 Å². The van der Waals surface area contributed by atoms with Gasteiger partial charge < -0.3 is 11.1 Å². The molecular formula is C18H23N5O. The zero-order chi connectivity index (χ0) is 16.5. The van der Waals surface area contributed by atoms with Crippen LogP contribution in [0.3, 0.4) is 0 Å². The molecule has 24 heavy (non-hydrogen) atoms. The monoisotopic (exact) mass is 325 g/mol. The van der Waals surface area contributed by atoms with E-state index in [9.17, 15) is 4.79 Å². The molecule has 0 aliphatic heterocycles. The predicted octanol–water partition coefficient (Wildman–Crippen LogP) is 2.36. The van der Waals surface area contributed by atoms with Crippen LogP contribution in [0.4, 0.5) is 5.69 Å². The molecule has 2 bridgehead atoms. The van der Waals surface area contributed by atoms with E-state index in [1.807, 2.05) is 24.3 Å². The molecule has 2 saturated carbocycles. The lowest BCUT2D eigenvalue weighted by atomic mass is 9.65. The molecule has 2 atom stereocenters. The standard InChI is InChI=1S/C18H23N5O/c19-17-12-2-1-3-13(17)11-14(10-12)18(24)22-15-4-6-16(7-5-15)23-20-8-9-21-23/h4-9,12-14,17H,1-3,10-11,19H2,(H,22,24). The van der Waals surface area contributed by atoms with Crippen LogP contribution in [-0.2, 0) is 4.79 Å². The van der Waals surface area contributed by atoms with E-state index < -0.39 is 0 Å². The Labute approximate surface area is 141 Å². The second kappa shape index (κ2) is 6.36. The second-order valence-electron chi connectivity index (χ2n) is 7.05. The van der Waals surface area contributed by atoms with Crippen molar-refractivity contribution in [1.82, 2.24) is 15.0 Å². The van der Waals surface area contributed by atoms with Crippen LogP contribution in [0.5, 0.6) is 0 Å². The molecule has 3 N–H and O–H groups in total. The largest absolute Gasteiger partial charge is 0.327 e. The van der Waals surface area contributed by atoms with E-state index in [2.05, 4.69) is 15.5 Å². The molecule has 2 unspecified atom stereocenters. The number of nitrogens with one attached hydrogen (secondary N) is 1. The molecule has 4 rings (SSSR count). The Hall–Kier alpha value is -2.21. The maximum atomic E-state index is 12.6. The molecule has 2 aromatic rings. The molecule has 1 heterocycles. The zero-order valence-electron chi connectivity index (χ0n) is 13.6. The van der Waals surface area contributed by atoms with Crippen molar-refractivity contribution in [1.29, 1.82) is 0 Å². The Bertz CT molecular complexity index is 683. The topological polar surface area (TPSA) is 85.8 Å². The van der Waals surface area contributed by atoms with Gasteiger partial charge in [0.2, 0.25) is 5.91 Å².